The molecule has 1 saturated heterocycles. The van der Waals surface area contributed by atoms with Gasteiger partial charge < -0.3 is 10.6 Å². The van der Waals surface area contributed by atoms with E-state index in [1.807, 2.05) is 41.3 Å². The maximum absolute atomic E-state index is 13.1. The second kappa shape index (κ2) is 6.50. The molecular formula is C19H21FN2O. The van der Waals surface area contributed by atoms with Gasteiger partial charge >= 0.3 is 0 Å². The summed E-state index contributed by atoms with van der Waals surface area (Å²) in [4.78, 5) is 14.6. The van der Waals surface area contributed by atoms with Crippen molar-refractivity contribution in [2.45, 2.75) is 31.8 Å². The molecule has 2 aromatic carbocycles. The van der Waals surface area contributed by atoms with Crippen molar-refractivity contribution in [3.8, 4) is 0 Å². The normalized spacial score (nSPS) is 20.7. The van der Waals surface area contributed by atoms with E-state index in [-0.39, 0.29) is 23.7 Å². The molecule has 0 aliphatic carbocycles. The van der Waals surface area contributed by atoms with E-state index in [1.54, 1.807) is 0 Å². The summed E-state index contributed by atoms with van der Waals surface area (Å²) in [6, 6.07) is 14.2. The van der Waals surface area contributed by atoms with Crippen LogP contribution in [0, 0.1) is 5.82 Å². The zero-order valence-electron chi connectivity index (χ0n) is 13.2. The fraction of sp³-hybridized carbons (Fsp3) is 0.316. The molecule has 4 heteroatoms. The van der Waals surface area contributed by atoms with E-state index in [0.717, 1.165) is 17.5 Å². The summed E-state index contributed by atoms with van der Waals surface area (Å²) in [7, 11) is 0. The van der Waals surface area contributed by atoms with Crippen molar-refractivity contribution in [1.82, 2.24) is 4.90 Å². The highest BCUT2D eigenvalue weighted by atomic mass is 19.1. The van der Waals surface area contributed by atoms with Gasteiger partial charge in [0, 0.05) is 30.6 Å². The molecule has 0 unspecified atom stereocenters. The van der Waals surface area contributed by atoms with Crippen LogP contribution < -0.4 is 5.73 Å². The van der Waals surface area contributed by atoms with Gasteiger partial charge in [0.2, 0.25) is 0 Å². The van der Waals surface area contributed by atoms with Crippen molar-refractivity contribution < 1.29 is 9.18 Å². The molecule has 2 N–H and O–H groups in total. The van der Waals surface area contributed by atoms with E-state index in [4.69, 9.17) is 5.73 Å². The van der Waals surface area contributed by atoms with Gasteiger partial charge in [0.15, 0.2) is 0 Å². The first kappa shape index (κ1) is 15.7. The number of rotatable bonds is 3. The van der Waals surface area contributed by atoms with E-state index < -0.39 is 0 Å². The molecule has 0 radical (unpaired) electrons. The molecule has 2 atom stereocenters. The van der Waals surface area contributed by atoms with Crippen molar-refractivity contribution in [1.29, 1.82) is 0 Å². The molecule has 1 aliphatic rings. The smallest absolute Gasteiger partial charge is 0.254 e. The van der Waals surface area contributed by atoms with Crippen LogP contribution in [-0.4, -0.2) is 23.4 Å². The number of hydrogen-bond donors (Lipinski definition) is 1. The zero-order chi connectivity index (χ0) is 16.4. The quantitative estimate of drug-likeness (QED) is 0.945. The molecule has 2 aromatic rings. The third kappa shape index (κ3) is 3.27. The number of benzene rings is 2. The average molecular weight is 312 g/mol. The predicted octanol–water partition coefficient (Wildman–Crippen LogP) is 3.30. The Labute approximate surface area is 135 Å². The summed E-state index contributed by atoms with van der Waals surface area (Å²) in [6.45, 7) is 3.21. The van der Waals surface area contributed by atoms with Crippen LogP contribution in [0.1, 0.15) is 40.7 Å². The monoisotopic (exact) mass is 312 g/mol. The highest BCUT2D eigenvalue weighted by Gasteiger charge is 2.33. The molecule has 0 spiro atoms. The summed E-state index contributed by atoms with van der Waals surface area (Å²) in [6.07, 6.45) is 0.901. The van der Waals surface area contributed by atoms with Crippen LogP contribution in [0.4, 0.5) is 4.39 Å². The first-order valence-electron chi connectivity index (χ1n) is 7.94. The molecule has 1 amide bonds. The van der Waals surface area contributed by atoms with Crippen LogP contribution in [-0.2, 0) is 6.54 Å². The average Bonchev–Trinajstić information content (AvgIpc) is 2.96. The molecule has 0 saturated carbocycles. The second-order valence-electron chi connectivity index (χ2n) is 6.19. The summed E-state index contributed by atoms with van der Waals surface area (Å²) in [5.41, 5.74) is 8.38. The molecule has 0 aromatic heterocycles. The molecule has 23 heavy (non-hydrogen) atoms. The highest BCUT2D eigenvalue weighted by molar-refractivity contribution is 5.94. The molecular weight excluding hydrogens is 291 g/mol. The number of hydrogen-bond acceptors (Lipinski definition) is 2. The third-order valence-electron chi connectivity index (χ3n) is 4.61. The minimum Gasteiger partial charge on any atom is -0.335 e. The Balaban J connectivity index is 1.75. The highest BCUT2D eigenvalue weighted by Crippen LogP contribution is 2.32. The maximum Gasteiger partial charge on any atom is 0.254 e. The van der Waals surface area contributed by atoms with Crippen molar-refractivity contribution >= 4 is 5.91 Å². The van der Waals surface area contributed by atoms with Crippen molar-refractivity contribution in [2.75, 3.05) is 6.54 Å². The van der Waals surface area contributed by atoms with Gasteiger partial charge in [-0.15, -0.1) is 0 Å². The number of nitrogens with two attached hydrogens (primary N) is 1. The van der Waals surface area contributed by atoms with E-state index in [2.05, 4.69) is 6.92 Å². The summed E-state index contributed by atoms with van der Waals surface area (Å²) in [5.74, 6) is 0.0799. The molecule has 1 aliphatic heterocycles. The Morgan fingerprint density at radius 1 is 1.17 bits per heavy atom. The lowest BCUT2D eigenvalue weighted by atomic mass is 9.97. The van der Waals surface area contributed by atoms with E-state index in [9.17, 15) is 9.18 Å². The second-order valence-corrected chi connectivity index (χ2v) is 6.19. The lowest BCUT2D eigenvalue weighted by Gasteiger charge is -2.21. The standard InChI is InChI=1S/C19H21FN2O/c1-13-10-17(15-6-8-18(20)9-7-15)12-22(13)19(23)16-4-2-14(11-21)3-5-16/h2-9,13,17H,10-12,21H2,1H3/t13-,17-/m1/s1. The fourth-order valence-electron chi connectivity index (χ4n) is 3.24. The van der Waals surface area contributed by atoms with E-state index in [0.29, 0.717) is 18.7 Å². The van der Waals surface area contributed by atoms with Gasteiger partial charge in [0.05, 0.1) is 0 Å². The summed E-state index contributed by atoms with van der Waals surface area (Å²) >= 11 is 0. The molecule has 120 valence electrons. The minimum atomic E-state index is -0.229. The van der Waals surface area contributed by atoms with Gasteiger partial charge in [-0.2, -0.15) is 0 Å². The van der Waals surface area contributed by atoms with Gasteiger partial charge in [-0.3, -0.25) is 4.79 Å². The largest absolute Gasteiger partial charge is 0.335 e. The van der Waals surface area contributed by atoms with Gasteiger partial charge in [-0.1, -0.05) is 24.3 Å². The van der Waals surface area contributed by atoms with E-state index >= 15 is 0 Å². The van der Waals surface area contributed by atoms with Crippen molar-refractivity contribution in [3.05, 3.63) is 71.0 Å². The number of carbonyl (C=O) groups excluding carboxylic acids is 1. The number of amides is 1. The maximum atomic E-state index is 13.1. The van der Waals surface area contributed by atoms with Gasteiger partial charge in [-0.05, 0) is 48.7 Å². The van der Waals surface area contributed by atoms with E-state index in [1.165, 1.54) is 12.1 Å². The van der Waals surface area contributed by atoms with Crippen molar-refractivity contribution in [2.24, 2.45) is 5.73 Å². The third-order valence-corrected chi connectivity index (χ3v) is 4.61. The first-order valence-corrected chi connectivity index (χ1v) is 7.94. The Hall–Kier alpha value is -2.20. The summed E-state index contributed by atoms with van der Waals surface area (Å²) < 4.78 is 13.1. The topological polar surface area (TPSA) is 46.3 Å². The fourth-order valence-corrected chi connectivity index (χ4v) is 3.24. The molecule has 0 bridgehead atoms. The van der Waals surface area contributed by atoms with Crippen LogP contribution in [0.3, 0.4) is 0 Å². The lowest BCUT2D eigenvalue weighted by Crippen LogP contribution is -2.33. The van der Waals surface area contributed by atoms with Crippen LogP contribution in [0.15, 0.2) is 48.5 Å². The summed E-state index contributed by atoms with van der Waals surface area (Å²) in [5, 5.41) is 0. The minimum absolute atomic E-state index is 0.0469. The lowest BCUT2D eigenvalue weighted by molar-refractivity contribution is 0.0746. The number of carbonyl (C=O) groups is 1. The van der Waals surface area contributed by atoms with Crippen molar-refractivity contribution in [3.63, 3.8) is 0 Å². The Morgan fingerprint density at radius 3 is 2.43 bits per heavy atom. The van der Waals surface area contributed by atoms with Gasteiger partial charge in [0.1, 0.15) is 5.82 Å². The Kier molecular flexibility index (Phi) is 4.44. The van der Waals surface area contributed by atoms with Gasteiger partial charge in [0.25, 0.3) is 5.91 Å². The number of halogens is 1. The molecule has 3 rings (SSSR count). The zero-order valence-corrected chi connectivity index (χ0v) is 13.2. The predicted molar refractivity (Wildman–Crippen MR) is 88.6 cm³/mol. The Morgan fingerprint density at radius 2 is 1.83 bits per heavy atom. The van der Waals surface area contributed by atoms with Gasteiger partial charge in [-0.25, -0.2) is 4.39 Å². The number of nitrogens with zero attached hydrogens (tertiary/aromatic N) is 1. The SMILES string of the molecule is C[C@@H]1C[C@@H](c2ccc(F)cc2)CN1C(=O)c1ccc(CN)cc1. The molecule has 1 heterocycles. The van der Waals surface area contributed by atoms with Crippen LogP contribution in [0.2, 0.25) is 0 Å². The Bertz CT molecular complexity index is 682. The number of likely N-dealkylation sites (tertiary alicyclic amines) is 1. The van der Waals surface area contributed by atoms with Crippen LogP contribution >= 0.6 is 0 Å². The first-order chi connectivity index (χ1) is 11.1. The molecule has 1 fully saturated rings. The van der Waals surface area contributed by atoms with Crippen LogP contribution in [0.5, 0.6) is 0 Å². The molecule has 3 nitrogen and oxygen atoms in total. The van der Waals surface area contributed by atoms with Crippen LogP contribution in [0.25, 0.3) is 0 Å².